The molecule has 1 N–H and O–H groups in total. The van der Waals surface area contributed by atoms with Crippen LogP contribution in [-0.4, -0.2) is 33.8 Å². The topological polar surface area (TPSA) is 62.3 Å². The average Bonchev–Trinajstić information content (AvgIpc) is 2.35. The highest BCUT2D eigenvalue weighted by Crippen LogP contribution is 2.21. The first-order chi connectivity index (χ1) is 9.40. The summed E-state index contributed by atoms with van der Waals surface area (Å²) in [6.07, 6.45) is 3.41. The van der Waals surface area contributed by atoms with Crippen LogP contribution in [0.15, 0.2) is 22.9 Å². The van der Waals surface area contributed by atoms with Gasteiger partial charge in [-0.1, -0.05) is 13.8 Å². The molecular formula is C14H18BrN3O2. The molecule has 2 heterocycles. The van der Waals surface area contributed by atoms with Crippen LogP contribution in [0, 0.1) is 5.92 Å². The minimum absolute atomic E-state index is 0.0525. The van der Waals surface area contributed by atoms with Gasteiger partial charge in [0.2, 0.25) is 11.8 Å². The Morgan fingerprint density at radius 3 is 2.70 bits per heavy atom. The van der Waals surface area contributed by atoms with Gasteiger partial charge < -0.3 is 10.2 Å². The number of rotatable bonds is 3. The molecule has 20 heavy (non-hydrogen) atoms. The van der Waals surface area contributed by atoms with E-state index < -0.39 is 12.1 Å². The van der Waals surface area contributed by atoms with Crippen molar-refractivity contribution in [1.82, 2.24) is 15.2 Å². The van der Waals surface area contributed by atoms with Crippen molar-refractivity contribution >= 4 is 27.7 Å². The highest BCUT2D eigenvalue weighted by Gasteiger charge is 2.40. The molecule has 0 radical (unpaired) electrons. The molecule has 0 spiro atoms. The van der Waals surface area contributed by atoms with Crippen LogP contribution in [0.3, 0.4) is 0 Å². The number of hydrogen-bond donors (Lipinski definition) is 1. The van der Waals surface area contributed by atoms with Crippen molar-refractivity contribution in [2.45, 2.75) is 39.4 Å². The van der Waals surface area contributed by atoms with E-state index in [0.717, 1.165) is 10.0 Å². The predicted molar refractivity (Wildman–Crippen MR) is 78.7 cm³/mol. The lowest BCUT2D eigenvalue weighted by atomic mass is 9.97. The minimum Gasteiger partial charge on any atom is -0.343 e. The van der Waals surface area contributed by atoms with Crippen LogP contribution in [0.5, 0.6) is 0 Å². The normalized spacial score (nSPS) is 23.1. The molecule has 2 atom stereocenters. The van der Waals surface area contributed by atoms with E-state index in [2.05, 4.69) is 26.2 Å². The third-order valence-corrected chi connectivity index (χ3v) is 3.80. The predicted octanol–water partition coefficient (Wildman–Crippen LogP) is 1.72. The summed E-state index contributed by atoms with van der Waals surface area (Å²) < 4.78 is 0.859. The molecule has 0 aliphatic carbocycles. The van der Waals surface area contributed by atoms with Gasteiger partial charge in [0, 0.05) is 23.4 Å². The lowest BCUT2D eigenvalue weighted by Crippen LogP contribution is -2.63. The van der Waals surface area contributed by atoms with E-state index in [1.54, 1.807) is 24.2 Å². The molecule has 1 saturated heterocycles. The Bertz CT molecular complexity index is 533. The van der Waals surface area contributed by atoms with E-state index in [0.29, 0.717) is 6.54 Å². The summed E-state index contributed by atoms with van der Waals surface area (Å²) in [5.74, 6) is -0.0788. The van der Waals surface area contributed by atoms with E-state index in [-0.39, 0.29) is 17.7 Å². The molecule has 1 aliphatic rings. The fourth-order valence-electron chi connectivity index (χ4n) is 2.47. The van der Waals surface area contributed by atoms with Gasteiger partial charge in [-0.25, -0.2) is 0 Å². The first kappa shape index (κ1) is 15.0. The van der Waals surface area contributed by atoms with Gasteiger partial charge in [-0.05, 0) is 40.4 Å². The summed E-state index contributed by atoms with van der Waals surface area (Å²) >= 11 is 3.36. The molecule has 0 bridgehead atoms. The molecule has 108 valence electrons. The van der Waals surface area contributed by atoms with Crippen molar-refractivity contribution < 1.29 is 9.59 Å². The highest BCUT2D eigenvalue weighted by atomic mass is 79.9. The van der Waals surface area contributed by atoms with Gasteiger partial charge in [0.05, 0.1) is 0 Å². The zero-order chi connectivity index (χ0) is 14.9. The van der Waals surface area contributed by atoms with Crippen molar-refractivity contribution in [2.24, 2.45) is 5.92 Å². The Balaban J connectivity index is 2.28. The van der Waals surface area contributed by atoms with E-state index in [1.807, 2.05) is 19.9 Å². The van der Waals surface area contributed by atoms with E-state index >= 15 is 0 Å². The molecule has 0 saturated carbocycles. The zero-order valence-electron chi connectivity index (χ0n) is 11.8. The summed E-state index contributed by atoms with van der Waals surface area (Å²) in [6, 6.07) is 1.00. The molecule has 1 aliphatic heterocycles. The number of halogens is 1. The van der Waals surface area contributed by atoms with Gasteiger partial charge in [0.1, 0.15) is 12.1 Å². The van der Waals surface area contributed by atoms with Crippen LogP contribution >= 0.6 is 15.9 Å². The van der Waals surface area contributed by atoms with E-state index in [4.69, 9.17) is 0 Å². The van der Waals surface area contributed by atoms with Crippen LogP contribution in [0.2, 0.25) is 0 Å². The van der Waals surface area contributed by atoms with Crippen LogP contribution in [0.1, 0.15) is 26.3 Å². The summed E-state index contributed by atoms with van der Waals surface area (Å²) in [6.45, 7) is 5.99. The lowest BCUT2D eigenvalue weighted by molar-refractivity contribution is -0.151. The van der Waals surface area contributed by atoms with E-state index in [1.165, 1.54) is 0 Å². The fraction of sp³-hybridized carbons (Fsp3) is 0.500. The maximum absolute atomic E-state index is 12.4. The Morgan fingerprint density at radius 2 is 2.10 bits per heavy atom. The third kappa shape index (κ3) is 3.00. The molecule has 0 aromatic carbocycles. The smallest absolute Gasteiger partial charge is 0.245 e. The van der Waals surface area contributed by atoms with Crippen molar-refractivity contribution in [3.8, 4) is 0 Å². The monoisotopic (exact) mass is 339 g/mol. The number of piperazine rings is 1. The van der Waals surface area contributed by atoms with Crippen molar-refractivity contribution in [1.29, 1.82) is 0 Å². The number of nitrogens with one attached hydrogen (secondary N) is 1. The molecule has 1 aromatic heterocycles. The molecule has 6 heteroatoms. The summed E-state index contributed by atoms with van der Waals surface area (Å²) in [4.78, 5) is 30.2. The fourth-order valence-corrected chi connectivity index (χ4v) is 2.88. The molecule has 5 nitrogen and oxygen atoms in total. The van der Waals surface area contributed by atoms with Crippen LogP contribution in [-0.2, 0) is 16.1 Å². The van der Waals surface area contributed by atoms with Crippen LogP contribution in [0.25, 0.3) is 0 Å². The average molecular weight is 340 g/mol. The second-order valence-corrected chi connectivity index (χ2v) is 6.31. The Labute approximate surface area is 126 Å². The second-order valence-electron chi connectivity index (χ2n) is 5.40. The lowest BCUT2D eigenvalue weighted by Gasteiger charge is -2.39. The Hall–Kier alpha value is -1.43. The first-order valence-electron chi connectivity index (χ1n) is 6.60. The van der Waals surface area contributed by atoms with Gasteiger partial charge in [0.15, 0.2) is 0 Å². The molecular weight excluding hydrogens is 322 g/mol. The standard InChI is InChI=1S/C14H18BrN3O2/c1-8(2)12-13(19)17-9(3)14(20)18(12)7-10-4-11(15)6-16-5-10/h4-6,8-9,12H,7H2,1-3H3,(H,17,19). The van der Waals surface area contributed by atoms with Crippen molar-refractivity contribution in [3.05, 3.63) is 28.5 Å². The third-order valence-electron chi connectivity index (χ3n) is 3.36. The maximum atomic E-state index is 12.4. The number of carbonyl (C=O) groups is 2. The highest BCUT2D eigenvalue weighted by molar-refractivity contribution is 9.10. The SMILES string of the molecule is CC1NC(=O)C(C(C)C)N(Cc2cncc(Br)c2)C1=O. The number of carbonyl (C=O) groups excluding carboxylic acids is 2. The van der Waals surface area contributed by atoms with Crippen molar-refractivity contribution in [3.63, 3.8) is 0 Å². The number of amides is 2. The molecule has 2 amide bonds. The largest absolute Gasteiger partial charge is 0.343 e. The number of aromatic nitrogens is 1. The van der Waals surface area contributed by atoms with Gasteiger partial charge in [-0.2, -0.15) is 0 Å². The quantitative estimate of drug-likeness (QED) is 0.911. The number of nitrogens with zero attached hydrogens (tertiary/aromatic N) is 2. The van der Waals surface area contributed by atoms with Crippen LogP contribution < -0.4 is 5.32 Å². The summed E-state index contributed by atoms with van der Waals surface area (Å²) in [5.41, 5.74) is 0.903. The van der Waals surface area contributed by atoms with Crippen LogP contribution in [0.4, 0.5) is 0 Å². The molecule has 2 unspecified atom stereocenters. The summed E-state index contributed by atoms with van der Waals surface area (Å²) in [7, 11) is 0. The first-order valence-corrected chi connectivity index (χ1v) is 7.39. The Morgan fingerprint density at radius 1 is 1.40 bits per heavy atom. The molecule has 2 rings (SSSR count). The van der Waals surface area contributed by atoms with E-state index in [9.17, 15) is 9.59 Å². The van der Waals surface area contributed by atoms with Gasteiger partial charge in [-0.15, -0.1) is 0 Å². The van der Waals surface area contributed by atoms with Gasteiger partial charge in [0.25, 0.3) is 0 Å². The zero-order valence-corrected chi connectivity index (χ0v) is 13.3. The minimum atomic E-state index is -0.474. The number of pyridine rings is 1. The second kappa shape index (κ2) is 5.91. The molecule has 1 fully saturated rings. The van der Waals surface area contributed by atoms with Gasteiger partial charge in [-0.3, -0.25) is 14.6 Å². The maximum Gasteiger partial charge on any atom is 0.245 e. The van der Waals surface area contributed by atoms with Crippen molar-refractivity contribution in [2.75, 3.05) is 0 Å². The summed E-state index contributed by atoms with van der Waals surface area (Å²) in [5, 5.41) is 2.73. The van der Waals surface area contributed by atoms with Gasteiger partial charge >= 0.3 is 0 Å². The number of hydrogen-bond acceptors (Lipinski definition) is 3. The Kier molecular flexibility index (Phi) is 4.42. The molecule has 1 aromatic rings.